The number of hydrogen-bond donors (Lipinski definition) is 1. The summed E-state index contributed by atoms with van der Waals surface area (Å²) in [5.74, 6) is 1.08. The molecule has 7 nitrogen and oxygen atoms in total. The summed E-state index contributed by atoms with van der Waals surface area (Å²) in [6, 6.07) is 9.36. The van der Waals surface area contributed by atoms with E-state index in [2.05, 4.69) is 15.5 Å². The molecule has 1 fully saturated rings. The molecule has 0 spiro atoms. The highest BCUT2D eigenvalue weighted by Gasteiger charge is 2.30. The number of benzene rings is 1. The van der Waals surface area contributed by atoms with Gasteiger partial charge in [0.25, 0.3) is 5.91 Å². The molecule has 156 valence electrons. The van der Waals surface area contributed by atoms with Crippen molar-refractivity contribution in [3.05, 3.63) is 52.0 Å². The number of rotatable bonds is 5. The fourth-order valence-electron chi connectivity index (χ4n) is 3.60. The molecule has 2 aromatic heterocycles. The van der Waals surface area contributed by atoms with Gasteiger partial charge >= 0.3 is 0 Å². The van der Waals surface area contributed by atoms with Gasteiger partial charge in [0, 0.05) is 30.8 Å². The van der Waals surface area contributed by atoms with Crippen LogP contribution < -0.4 is 5.32 Å². The second-order valence-electron chi connectivity index (χ2n) is 7.46. The van der Waals surface area contributed by atoms with Crippen molar-refractivity contribution in [3.63, 3.8) is 0 Å². The van der Waals surface area contributed by atoms with Crippen LogP contribution in [0.5, 0.6) is 0 Å². The zero-order valence-electron chi connectivity index (χ0n) is 17.1. The lowest BCUT2D eigenvalue weighted by atomic mass is 9.97. The fraction of sp³-hybridized carbons (Fsp3) is 0.364. The highest BCUT2D eigenvalue weighted by atomic mass is 32.1. The third-order valence-corrected chi connectivity index (χ3v) is 6.29. The number of carbonyl (C=O) groups excluding carboxylic acids is 2. The molecule has 2 amide bonds. The zero-order valence-corrected chi connectivity index (χ0v) is 17.9. The monoisotopic (exact) mass is 424 g/mol. The molecule has 8 heteroatoms. The van der Waals surface area contributed by atoms with Crippen LogP contribution in [0.15, 0.2) is 40.2 Å². The first-order valence-electron chi connectivity index (χ1n) is 10.1. The lowest BCUT2D eigenvalue weighted by molar-refractivity contribution is -0.115. The molecule has 0 unspecified atom stereocenters. The number of amides is 2. The molecule has 0 bridgehead atoms. The Morgan fingerprint density at radius 3 is 2.97 bits per heavy atom. The Morgan fingerprint density at radius 2 is 2.20 bits per heavy atom. The molecule has 0 aliphatic carbocycles. The molecule has 1 aromatic carbocycles. The normalized spacial score (nSPS) is 16.5. The number of likely N-dealkylation sites (tertiary alicyclic amines) is 1. The molecule has 3 heterocycles. The second kappa shape index (κ2) is 8.79. The van der Waals surface area contributed by atoms with E-state index in [4.69, 9.17) is 4.52 Å². The van der Waals surface area contributed by atoms with Crippen LogP contribution in [-0.4, -0.2) is 39.9 Å². The van der Waals surface area contributed by atoms with E-state index in [1.54, 1.807) is 0 Å². The van der Waals surface area contributed by atoms with Crippen molar-refractivity contribution in [2.24, 2.45) is 0 Å². The predicted molar refractivity (Wildman–Crippen MR) is 116 cm³/mol. The Bertz CT molecular complexity index is 1060. The third kappa shape index (κ3) is 4.28. The minimum atomic E-state index is -0.0473. The van der Waals surface area contributed by atoms with E-state index in [0.29, 0.717) is 30.4 Å². The van der Waals surface area contributed by atoms with Crippen molar-refractivity contribution in [1.29, 1.82) is 0 Å². The number of thiophene rings is 1. The second-order valence-corrected chi connectivity index (χ2v) is 8.38. The van der Waals surface area contributed by atoms with E-state index in [0.717, 1.165) is 35.4 Å². The number of nitrogens with one attached hydrogen (secondary N) is 1. The number of hydrogen-bond acceptors (Lipinski definition) is 6. The van der Waals surface area contributed by atoms with Gasteiger partial charge in [-0.2, -0.15) is 4.98 Å². The Labute approximate surface area is 179 Å². The Kier molecular flexibility index (Phi) is 5.94. The van der Waals surface area contributed by atoms with Crippen LogP contribution in [0.25, 0.3) is 11.4 Å². The highest BCUT2D eigenvalue weighted by Crippen LogP contribution is 2.30. The molecule has 1 aliphatic rings. The van der Waals surface area contributed by atoms with Gasteiger partial charge in [-0.25, -0.2) is 0 Å². The van der Waals surface area contributed by atoms with Gasteiger partial charge in [0.1, 0.15) is 0 Å². The Morgan fingerprint density at radius 1 is 1.33 bits per heavy atom. The number of aryl methyl sites for hydroxylation is 1. The molecule has 4 rings (SSSR count). The maximum Gasteiger partial charge on any atom is 0.264 e. The molecule has 1 atom stereocenters. The Balaban J connectivity index is 1.48. The van der Waals surface area contributed by atoms with Crippen LogP contribution >= 0.6 is 11.3 Å². The summed E-state index contributed by atoms with van der Waals surface area (Å²) < 4.78 is 5.56. The highest BCUT2D eigenvalue weighted by molar-refractivity contribution is 7.12. The number of aromatic nitrogens is 2. The number of carbonyl (C=O) groups is 2. The summed E-state index contributed by atoms with van der Waals surface area (Å²) in [6.07, 6.45) is 2.22. The first kappa shape index (κ1) is 20.3. The molecule has 0 radical (unpaired) electrons. The van der Waals surface area contributed by atoms with E-state index in [1.807, 2.05) is 54.5 Å². The maximum atomic E-state index is 12.9. The van der Waals surface area contributed by atoms with Gasteiger partial charge in [0.2, 0.25) is 17.6 Å². The SMILES string of the molecule is CCC(=O)Nc1cccc(-c2noc([C@@H]3CCCN(C(=O)c4sccc4C)C3)n2)c1. The summed E-state index contributed by atoms with van der Waals surface area (Å²) in [4.78, 5) is 31.8. The van der Waals surface area contributed by atoms with Crippen molar-refractivity contribution in [1.82, 2.24) is 15.0 Å². The molecular formula is C22H24N4O3S. The number of anilines is 1. The topological polar surface area (TPSA) is 88.3 Å². The van der Waals surface area contributed by atoms with Crippen LogP contribution in [0.1, 0.15) is 53.2 Å². The lowest BCUT2D eigenvalue weighted by Gasteiger charge is -2.30. The predicted octanol–water partition coefficient (Wildman–Crippen LogP) is 4.47. The van der Waals surface area contributed by atoms with Crippen molar-refractivity contribution in [2.75, 3.05) is 18.4 Å². The maximum absolute atomic E-state index is 12.9. The summed E-state index contributed by atoms with van der Waals surface area (Å²) in [6.45, 7) is 5.09. The quantitative estimate of drug-likeness (QED) is 0.653. The van der Waals surface area contributed by atoms with Gasteiger partial charge < -0.3 is 14.7 Å². The molecule has 1 aliphatic heterocycles. The molecule has 1 saturated heterocycles. The van der Waals surface area contributed by atoms with Gasteiger partial charge in [0.15, 0.2) is 0 Å². The van der Waals surface area contributed by atoms with Crippen LogP contribution in [0, 0.1) is 6.92 Å². The van der Waals surface area contributed by atoms with Crippen LogP contribution in [0.4, 0.5) is 5.69 Å². The number of piperidine rings is 1. The average molecular weight is 425 g/mol. The van der Waals surface area contributed by atoms with Crippen LogP contribution in [0.3, 0.4) is 0 Å². The molecular weight excluding hydrogens is 400 g/mol. The smallest absolute Gasteiger partial charge is 0.264 e. The fourth-order valence-corrected chi connectivity index (χ4v) is 4.49. The molecule has 1 N–H and O–H groups in total. The van der Waals surface area contributed by atoms with Crippen molar-refractivity contribution < 1.29 is 14.1 Å². The zero-order chi connectivity index (χ0) is 21.1. The van der Waals surface area contributed by atoms with Gasteiger partial charge in [-0.05, 0) is 48.9 Å². The first-order chi connectivity index (χ1) is 14.5. The standard InChI is InChI=1S/C22H24N4O3S/c1-3-18(27)23-17-8-4-6-15(12-17)20-24-21(29-25-20)16-7-5-10-26(13-16)22(28)19-14(2)9-11-30-19/h4,6,8-9,11-12,16H,3,5,7,10,13H2,1-2H3,(H,23,27)/t16-/m1/s1. The largest absolute Gasteiger partial charge is 0.339 e. The van der Waals surface area contributed by atoms with Crippen molar-refractivity contribution >= 4 is 28.8 Å². The summed E-state index contributed by atoms with van der Waals surface area (Å²) in [5, 5.41) is 8.93. The van der Waals surface area contributed by atoms with E-state index >= 15 is 0 Å². The van der Waals surface area contributed by atoms with Crippen molar-refractivity contribution in [3.8, 4) is 11.4 Å². The van der Waals surface area contributed by atoms with Gasteiger partial charge in [0.05, 0.1) is 10.8 Å². The van der Waals surface area contributed by atoms with Gasteiger partial charge in [-0.3, -0.25) is 9.59 Å². The lowest BCUT2D eigenvalue weighted by Crippen LogP contribution is -2.39. The van der Waals surface area contributed by atoms with Gasteiger partial charge in [-0.1, -0.05) is 24.2 Å². The molecule has 30 heavy (non-hydrogen) atoms. The van der Waals surface area contributed by atoms with Crippen LogP contribution in [-0.2, 0) is 4.79 Å². The average Bonchev–Trinajstić information content (AvgIpc) is 3.43. The number of nitrogens with zero attached hydrogens (tertiary/aromatic N) is 3. The molecule has 0 saturated carbocycles. The minimum Gasteiger partial charge on any atom is -0.339 e. The summed E-state index contributed by atoms with van der Waals surface area (Å²) >= 11 is 1.48. The van der Waals surface area contributed by atoms with Gasteiger partial charge in [-0.15, -0.1) is 11.3 Å². The van der Waals surface area contributed by atoms with E-state index in [-0.39, 0.29) is 17.7 Å². The van der Waals surface area contributed by atoms with Crippen molar-refractivity contribution in [2.45, 2.75) is 39.0 Å². The summed E-state index contributed by atoms with van der Waals surface area (Å²) in [5.41, 5.74) is 2.49. The minimum absolute atomic E-state index is 0.0206. The first-order valence-corrected chi connectivity index (χ1v) is 11.0. The molecule has 3 aromatic rings. The third-order valence-electron chi connectivity index (χ3n) is 5.28. The van der Waals surface area contributed by atoms with E-state index in [9.17, 15) is 9.59 Å². The van der Waals surface area contributed by atoms with E-state index < -0.39 is 0 Å². The van der Waals surface area contributed by atoms with E-state index in [1.165, 1.54) is 11.3 Å². The Hall–Kier alpha value is -3.00. The summed E-state index contributed by atoms with van der Waals surface area (Å²) in [7, 11) is 0. The van der Waals surface area contributed by atoms with Crippen LogP contribution in [0.2, 0.25) is 0 Å².